The van der Waals surface area contributed by atoms with Gasteiger partial charge < -0.3 is 39.0 Å². The van der Waals surface area contributed by atoms with Crippen molar-refractivity contribution < 1.29 is 38.4 Å². The molecule has 0 radical (unpaired) electrons. The number of carbonyl (C=O) groups excluding carboxylic acids is 8. The topological polar surface area (TPSA) is 188 Å². The molecule has 4 aliphatic heterocycles. The predicted octanol–water partition coefficient (Wildman–Crippen LogP) is 11.3. The average Bonchev–Trinajstić information content (AvgIpc) is 1.65. The van der Waals surface area contributed by atoms with Gasteiger partial charge in [-0.2, -0.15) is 0 Å². The first-order valence-corrected chi connectivity index (χ1v) is 34.4. The second kappa shape index (κ2) is 31.7. The summed E-state index contributed by atoms with van der Waals surface area (Å²) in [7, 11) is 2.14. The quantitative estimate of drug-likeness (QED) is 0.0464. The number of likely N-dealkylation sites (N-methyl/N-ethyl adjacent to an activating group) is 1. The first-order chi connectivity index (χ1) is 45.2. The Morgan fingerprint density at radius 1 is 0.606 bits per heavy atom. The molecule has 0 saturated carbocycles. The van der Waals surface area contributed by atoms with Gasteiger partial charge in [0, 0.05) is 165 Å². The Labute approximate surface area is 582 Å². The Bertz CT molecular complexity index is 4220. The lowest BCUT2D eigenvalue weighted by Crippen LogP contribution is -2.61. The zero-order valence-corrected chi connectivity index (χ0v) is 58.5. The van der Waals surface area contributed by atoms with Crippen molar-refractivity contribution in [1.29, 1.82) is 0 Å². The molecule has 94 heavy (non-hydrogen) atoms. The van der Waals surface area contributed by atoms with Crippen LogP contribution in [0.15, 0.2) is 175 Å². The molecule has 488 valence electrons. The molecule has 3 aromatic heterocycles. The zero-order valence-electron chi connectivity index (χ0n) is 52.4. The number of hydrogen-bond acceptors (Lipinski definition) is 9. The van der Waals surface area contributed by atoms with E-state index in [0.29, 0.717) is 94.7 Å². The minimum absolute atomic E-state index is 0.0479. The maximum absolute atomic E-state index is 13.1. The van der Waals surface area contributed by atoms with Gasteiger partial charge in [0.2, 0.25) is 23.6 Å². The SMILES string of the molecule is C=CC(=O)N1CC(CC(=O)Cn2cc(C(=O)NCCc3ccccc3)c3cc(Br)ccc32)C1.C=CC(=O)N1CC(CC(=O)Cn2cc(I)c3cc(Cl)ccc32)C1.C=CC(=O)N1CC(NC(=O)Cn2cc(CC(=O)CCC3Cc4ccccc4CN3C)c3cc(Br)ccc32)C1. The third-order valence-corrected chi connectivity index (χ3v) is 19.9. The highest BCUT2D eigenvalue weighted by Gasteiger charge is 2.34. The van der Waals surface area contributed by atoms with Gasteiger partial charge in [-0.1, -0.05) is 118 Å². The highest BCUT2D eigenvalue weighted by molar-refractivity contribution is 14.1. The Balaban J connectivity index is 0.000000158. The minimum Gasteiger partial charge on any atom is -0.352 e. The molecule has 5 aromatic carbocycles. The first-order valence-electron chi connectivity index (χ1n) is 31.4. The summed E-state index contributed by atoms with van der Waals surface area (Å²) in [5.74, 6) is 0.385. The van der Waals surface area contributed by atoms with Crippen molar-refractivity contribution in [2.45, 2.75) is 83.2 Å². The van der Waals surface area contributed by atoms with Gasteiger partial charge in [0.1, 0.15) is 12.3 Å². The molecule has 0 bridgehead atoms. The fraction of sp³-hybridized carbons (Fsp3) is 0.315. The number of carbonyl (C=O) groups is 8. The summed E-state index contributed by atoms with van der Waals surface area (Å²) in [6.07, 6.45) is 13.9. The number of rotatable bonds is 23. The molecular weight excluding hydrogens is 1450 g/mol. The van der Waals surface area contributed by atoms with Gasteiger partial charge in [0.05, 0.1) is 24.7 Å². The Morgan fingerprint density at radius 3 is 1.76 bits per heavy atom. The van der Waals surface area contributed by atoms with Crippen LogP contribution in [-0.2, 0) is 79.0 Å². The number of nitrogens with one attached hydrogen (secondary N) is 2. The van der Waals surface area contributed by atoms with Crippen molar-refractivity contribution in [2.75, 3.05) is 52.9 Å². The molecule has 3 fully saturated rings. The van der Waals surface area contributed by atoms with E-state index in [1.807, 2.05) is 111 Å². The number of ketones is 3. The van der Waals surface area contributed by atoms with Gasteiger partial charge in [-0.25, -0.2) is 0 Å². The van der Waals surface area contributed by atoms with E-state index in [4.69, 9.17) is 11.6 Å². The van der Waals surface area contributed by atoms with Crippen molar-refractivity contribution in [1.82, 2.24) is 43.9 Å². The van der Waals surface area contributed by atoms with E-state index in [0.717, 1.165) is 82.2 Å². The number of halogens is 4. The molecule has 3 saturated heterocycles. The summed E-state index contributed by atoms with van der Waals surface area (Å²) < 4.78 is 8.63. The van der Waals surface area contributed by atoms with Crippen molar-refractivity contribution in [2.24, 2.45) is 11.8 Å². The van der Waals surface area contributed by atoms with Gasteiger partial charge in [0.25, 0.3) is 5.91 Å². The Hall–Kier alpha value is -7.76. The molecule has 5 amide bonds. The number of amides is 5. The number of likely N-dealkylation sites (tertiary alicyclic amines) is 3. The van der Waals surface area contributed by atoms with Crippen LogP contribution in [0.1, 0.15) is 58.3 Å². The minimum atomic E-state index is -0.155. The number of hydrogen-bond donors (Lipinski definition) is 2. The number of benzene rings is 5. The van der Waals surface area contributed by atoms with Crippen molar-refractivity contribution >= 4 is 146 Å². The molecule has 2 N–H and O–H groups in total. The second-order valence-corrected chi connectivity index (χ2v) is 28.1. The van der Waals surface area contributed by atoms with Crippen LogP contribution in [0.3, 0.4) is 0 Å². The Morgan fingerprint density at radius 2 is 1.14 bits per heavy atom. The van der Waals surface area contributed by atoms with E-state index >= 15 is 0 Å². The summed E-state index contributed by atoms with van der Waals surface area (Å²) >= 11 is 15.3. The van der Waals surface area contributed by atoms with E-state index in [2.05, 4.69) is 121 Å². The predicted molar refractivity (Wildman–Crippen MR) is 383 cm³/mol. The third kappa shape index (κ3) is 17.4. The average molecular weight is 1530 g/mol. The lowest BCUT2D eigenvalue weighted by atomic mass is 9.91. The number of nitrogens with zero attached hydrogens (tertiary/aromatic N) is 7. The van der Waals surface area contributed by atoms with Crippen molar-refractivity contribution in [3.05, 3.63) is 211 Å². The standard InChI is InChI=1S/C30H33BrN4O3.C26H26BrN3O3.C17H16ClIN2O2/c1-3-30(38)35-17-24(18-35)32-29(37)19-34-16-22(27-14-23(31)8-11-28(27)34)13-26(36)10-9-25-12-20-6-4-5-7-21(20)15-33(25)2;1-2-25(32)30-14-19(15-30)12-21(31)16-29-17-23(22-13-20(27)8-9-24(22)29)26(33)28-11-10-18-6-4-3-5-7-18;1-2-17(23)21-7-11(8-21)5-13(22)9-20-10-15(19)14-6-12(18)3-4-16(14)20/h3-8,11,14,16,24-25H,1,9-10,12-13,15,17-19H2,2H3,(H,32,37);2-9,13,17,19H,1,10-12,14-16H2,(H,28,33);2-4,6,10-11H,1,5,7-9H2. The lowest BCUT2D eigenvalue weighted by Gasteiger charge is -2.38. The van der Waals surface area contributed by atoms with Crippen LogP contribution in [0.2, 0.25) is 5.02 Å². The molecule has 0 aliphatic carbocycles. The van der Waals surface area contributed by atoms with Crippen LogP contribution < -0.4 is 10.6 Å². The monoisotopic (exact) mass is 1530 g/mol. The van der Waals surface area contributed by atoms with Crippen LogP contribution in [0.4, 0.5) is 0 Å². The lowest BCUT2D eigenvalue weighted by molar-refractivity contribution is -0.134. The van der Waals surface area contributed by atoms with Crippen LogP contribution in [0.25, 0.3) is 32.7 Å². The molecule has 12 rings (SSSR count). The van der Waals surface area contributed by atoms with Gasteiger partial charge in [-0.15, -0.1) is 0 Å². The number of Topliss-reactive ketones (excluding diaryl/α,β-unsaturated/α-hetero) is 3. The summed E-state index contributed by atoms with van der Waals surface area (Å²) in [5, 5.41) is 9.55. The van der Waals surface area contributed by atoms with Gasteiger partial charge >= 0.3 is 0 Å². The number of fused-ring (bicyclic) bond motifs is 4. The Kier molecular flexibility index (Phi) is 23.3. The fourth-order valence-corrected chi connectivity index (χ4v) is 14.4. The maximum Gasteiger partial charge on any atom is 0.253 e. The molecular formula is C73H75Br2ClIN9O8. The van der Waals surface area contributed by atoms with Crippen LogP contribution in [0, 0.1) is 15.4 Å². The van der Waals surface area contributed by atoms with Gasteiger partial charge in [-0.3, -0.25) is 43.3 Å². The van der Waals surface area contributed by atoms with Crippen LogP contribution >= 0.6 is 66.1 Å². The molecule has 17 nitrogen and oxygen atoms in total. The summed E-state index contributed by atoms with van der Waals surface area (Å²) in [6, 6.07) is 36.3. The largest absolute Gasteiger partial charge is 0.352 e. The van der Waals surface area contributed by atoms with E-state index in [9.17, 15) is 38.4 Å². The molecule has 0 spiro atoms. The van der Waals surface area contributed by atoms with Gasteiger partial charge in [0.15, 0.2) is 11.6 Å². The molecule has 1 unspecified atom stereocenters. The maximum atomic E-state index is 13.1. The van der Waals surface area contributed by atoms with Crippen molar-refractivity contribution in [3.8, 4) is 0 Å². The first kappa shape index (κ1) is 69.1. The highest BCUT2D eigenvalue weighted by Crippen LogP contribution is 2.31. The molecule has 7 heterocycles. The second-order valence-electron chi connectivity index (χ2n) is 24.7. The third-order valence-electron chi connectivity index (χ3n) is 17.8. The molecule has 21 heteroatoms. The van der Waals surface area contributed by atoms with E-state index in [-0.39, 0.29) is 77.9 Å². The fourth-order valence-electron chi connectivity index (χ4n) is 12.8. The normalized spacial score (nSPS) is 15.5. The number of aromatic nitrogens is 3. The van der Waals surface area contributed by atoms with Crippen molar-refractivity contribution in [3.63, 3.8) is 0 Å². The molecule has 1 atom stereocenters. The van der Waals surface area contributed by atoms with Crippen LogP contribution in [0.5, 0.6) is 0 Å². The smallest absolute Gasteiger partial charge is 0.253 e. The molecule has 4 aliphatic rings. The summed E-state index contributed by atoms with van der Waals surface area (Å²) in [4.78, 5) is 106. The van der Waals surface area contributed by atoms with E-state index < -0.39 is 0 Å². The zero-order chi connectivity index (χ0) is 66.7. The molecule has 8 aromatic rings. The van der Waals surface area contributed by atoms with E-state index in [1.54, 1.807) is 20.9 Å². The van der Waals surface area contributed by atoms with Crippen LogP contribution in [-0.4, -0.2) is 145 Å². The summed E-state index contributed by atoms with van der Waals surface area (Å²) in [5.41, 5.74) is 8.20. The highest BCUT2D eigenvalue weighted by atomic mass is 127. The van der Waals surface area contributed by atoms with E-state index in [1.165, 1.54) is 29.4 Å². The van der Waals surface area contributed by atoms with Gasteiger partial charge in [-0.05, 0) is 144 Å². The summed E-state index contributed by atoms with van der Waals surface area (Å²) in [6.45, 7) is 16.1.